The number of aryl methyl sites for hydroxylation is 2. The fraction of sp³-hybridized carbons (Fsp3) is 0.389. The zero-order chi connectivity index (χ0) is 18.3. The van der Waals surface area contributed by atoms with Gasteiger partial charge < -0.3 is 15.6 Å². The van der Waals surface area contributed by atoms with Crippen molar-refractivity contribution in [3.05, 3.63) is 34.7 Å². The highest BCUT2D eigenvalue weighted by Gasteiger charge is 2.26. The predicted molar refractivity (Wildman–Crippen MR) is 106 cm³/mol. The van der Waals surface area contributed by atoms with Crippen LogP contribution in [0.5, 0.6) is 0 Å². The first-order valence-electron chi connectivity index (χ1n) is 8.74. The van der Waals surface area contributed by atoms with Crippen molar-refractivity contribution in [3.63, 3.8) is 0 Å². The number of anilines is 1. The summed E-state index contributed by atoms with van der Waals surface area (Å²) >= 11 is 8.12. The van der Waals surface area contributed by atoms with Gasteiger partial charge in [0.15, 0.2) is 5.16 Å². The van der Waals surface area contributed by atoms with Gasteiger partial charge in [-0.15, -0.1) is 0 Å². The maximum atomic E-state index is 6.62. The molecular formula is C18H21ClN6S. The van der Waals surface area contributed by atoms with E-state index in [2.05, 4.69) is 21.8 Å². The second-order valence-corrected chi connectivity index (χ2v) is 7.98. The highest BCUT2D eigenvalue weighted by atomic mass is 35.5. The molecule has 6 nitrogen and oxygen atoms in total. The van der Waals surface area contributed by atoms with E-state index in [0.717, 1.165) is 59.1 Å². The van der Waals surface area contributed by atoms with Crippen LogP contribution in [0, 0.1) is 6.92 Å². The highest BCUT2D eigenvalue weighted by Crippen LogP contribution is 2.37. The molecule has 0 amide bonds. The van der Waals surface area contributed by atoms with Crippen molar-refractivity contribution in [2.75, 3.05) is 18.0 Å². The lowest BCUT2D eigenvalue weighted by Crippen LogP contribution is -2.27. The molecule has 3 aromatic heterocycles. The third-order valence-corrected chi connectivity index (χ3v) is 5.85. The van der Waals surface area contributed by atoms with Crippen molar-refractivity contribution in [1.82, 2.24) is 19.9 Å². The van der Waals surface area contributed by atoms with Crippen molar-refractivity contribution in [2.24, 2.45) is 5.73 Å². The quantitative estimate of drug-likeness (QED) is 0.665. The van der Waals surface area contributed by atoms with Crippen LogP contribution in [0.4, 0.5) is 5.82 Å². The van der Waals surface area contributed by atoms with E-state index in [-0.39, 0.29) is 6.04 Å². The second kappa shape index (κ2) is 7.06. The number of nitrogens with zero attached hydrogens (tertiary/aromatic N) is 4. The lowest BCUT2D eigenvalue weighted by Gasteiger charge is -2.18. The van der Waals surface area contributed by atoms with Gasteiger partial charge >= 0.3 is 0 Å². The number of halogens is 1. The summed E-state index contributed by atoms with van der Waals surface area (Å²) in [6.45, 7) is 5.71. The van der Waals surface area contributed by atoms with Gasteiger partial charge in [-0.2, -0.15) is 0 Å². The topological polar surface area (TPSA) is 83.7 Å². The number of nitrogens with one attached hydrogen (secondary N) is 1. The maximum Gasteiger partial charge on any atom is 0.196 e. The van der Waals surface area contributed by atoms with E-state index in [1.807, 2.05) is 25.3 Å². The minimum absolute atomic E-state index is 0.167. The molecule has 0 spiro atoms. The van der Waals surface area contributed by atoms with Crippen molar-refractivity contribution >= 4 is 40.2 Å². The molecule has 4 rings (SSSR count). The van der Waals surface area contributed by atoms with Crippen LogP contribution in [0.3, 0.4) is 0 Å². The molecule has 3 N–H and O–H groups in total. The number of fused-ring (bicyclic) bond motifs is 1. The number of rotatable bonds is 4. The summed E-state index contributed by atoms with van der Waals surface area (Å²) < 4.78 is 0. The number of hydrogen-bond donors (Lipinski definition) is 2. The first-order chi connectivity index (χ1) is 12.5. The molecule has 0 saturated carbocycles. The molecule has 1 fully saturated rings. The SMILES string of the molecule is CCc1[nH]c2nc(Sc3ccc(C)nc3)nc(N3CC[C@@H](N)C3)c2c1Cl. The first kappa shape index (κ1) is 17.6. The van der Waals surface area contributed by atoms with Crippen LogP contribution in [-0.4, -0.2) is 39.1 Å². The van der Waals surface area contributed by atoms with E-state index in [4.69, 9.17) is 27.3 Å². The number of aromatic nitrogens is 4. The Morgan fingerprint density at radius 2 is 2.23 bits per heavy atom. The van der Waals surface area contributed by atoms with Gasteiger partial charge in [-0.05, 0) is 43.7 Å². The molecular weight excluding hydrogens is 368 g/mol. The van der Waals surface area contributed by atoms with Gasteiger partial charge in [-0.25, -0.2) is 9.97 Å². The van der Waals surface area contributed by atoms with Crippen molar-refractivity contribution in [2.45, 2.75) is 42.8 Å². The fourth-order valence-electron chi connectivity index (χ4n) is 3.19. The van der Waals surface area contributed by atoms with Gasteiger partial charge in [0.05, 0.1) is 10.4 Å². The molecule has 0 aromatic carbocycles. The third kappa shape index (κ3) is 3.26. The van der Waals surface area contributed by atoms with E-state index in [1.165, 1.54) is 11.8 Å². The van der Waals surface area contributed by atoms with Crippen LogP contribution in [-0.2, 0) is 6.42 Å². The minimum Gasteiger partial charge on any atom is -0.354 e. The Hall–Kier alpha value is -1.83. The summed E-state index contributed by atoms with van der Waals surface area (Å²) in [4.78, 5) is 20.5. The molecule has 0 aliphatic carbocycles. The van der Waals surface area contributed by atoms with Crippen molar-refractivity contribution in [3.8, 4) is 0 Å². The average Bonchev–Trinajstić information content (AvgIpc) is 3.20. The Bertz CT molecular complexity index is 939. The largest absolute Gasteiger partial charge is 0.354 e. The summed E-state index contributed by atoms with van der Waals surface area (Å²) in [6.07, 6.45) is 3.62. The summed E-state index contributed by atoms with van der Waals surface area (Å²) in [6, 6.07) is 4.19. The van der Waals surface area contributed by atoms with E-state index in [1.54, 1.807) is 0 Å². The van der Waals surface area contributed by atoms with Crippen LogP contribution < -0.4 is 10.6 Å². The van der Waals surface area contributed by atoms with Crippen LogP contribution >= 0.6 is 23.4 Å². The summed E-state index contributed by atoms with van der Waals surface area (Å²) in [5, 5.41) is 2.29. The fourth-order valence-corrected chi connectivity index (χ4v) is 4.26. The van der Waals surface area contributed by atoms with E-state index in [0.29, 0.717) is 10.2 Å². The van der Waals surface area contributed by atoms with Crippen LogP contribution in [0.1, 0.15) is 24.7 Å². The number of H-pyrrole nitrogens is 1. The molecule has 3 aromatic rings. The van der Waals surface area contributed by atoms with E-state index < -0.39 is 0 Å². The molecule has 0 radical (unpaired) electrons. The zero-order valence-electron chi connectivity index (χ0n) is 14.8. The van der Waals surface area contributed by atoms with Crippen molar-refractivity contribution < 1.29 is 0 Å². The molecule has 0 bridgehead atoms. The van der Waals surface area contributed by atoms with Gasteiger partial charge in [0.1, 0.15) is 11.5 Å². The molecule has 4 heterocycles. The van der Waals surface area contributed by atoms with Gasteiger partial charge in [-0.1, -0.05) is 18.5 Å². The highest BCUT2D eigenvalue weighted by molar-refractivity contribution is 7.99. The molecule has 0 unspecified atom stereocenters. The molecule has 1 saturated heterocycles. The number of aromatic amines is 1. The Morgan fingerprint density at radius 1 is 1.38 bits per heavy atom. The summed E-state index contributed by atoms with van der Waals surface area (Å²) in [5.74, 6) is 0.867. The van der Waals surface area contributed by atoms with Gasteiger partial charge in [0.2, 0.25) is 0 Å². The molecule has 1 aliphatic rings. The number of pyridine rings is 1. The van der Waals surface area contributed by atoms with Crippen LogP contribution in [0.25, 0.3) is 11.0 Å². The minimum atomic E-state index is 0.167. The van der Waals surface area contributed by atoms with Gasteiger partial charge in [-0.3, -0.25) is 4.98 Å². The standard InChI is InChI=1S/C18H21ClN6S/c1-3-13-15(19)14-16(22-13)23-18(26-12-5-4-10(2)21-8-12)24-17(14)25-7-6-11(20)9-25/h4-5,8,11H,3,6-7,9,20H2,1-2H3,(H,22,23,24)/t11-/m1/s1. The monoisotopic (exact) mass is 388 g/mol. The number of nitrogens with two attached hydrogens (primary N) is 1. The van der Waals surface area contributed by atoms with Crippen LogP contribution in [0.15, 0.2) is 28.4 Å². The zero-order valence-corrected chi connectivity index (χ0v) is 16.4. The molecule has 1 aliphatic heterocycles. The lowest BCUT2D eigenvalue weighted by molar-refractivity contribution is 0.751. The molecule has 26 heavy (non-hydrogen) atoms. The Morgan fingerprint density at radius 3 is 2.88 bits per heavy atom. The Balaban J connectivity index is 1.80. The van der Waals surface area contributed by atoms with Gasteiger partial charge in [0.25, 0.3) is 0 Å². The predicted octanol–water partition coefficient (Wildman–Crippen LogP) is 3.57. The summed E-state index contributed by atoms with van der Waals surface area (Å²) in [7, 11) is 0. The Labute approximate surface area is 161 Å². The number of hydrogen-bond acceptors (Lipinski definition) is 6. The third-order valence-electron chi connectivity index (χ3n) is 4.59. The second-order valence-electron chi connectivity index (χ2n) is 6.56. The first-order valence-corrected chi connectivity index (χ1v) is 9.93. The Kier molecular flexibility index (Phi) is 4.77. The van der Waals surface area contributed by atoms with E-state index >= 15 is 0 Å². The van der Waals surface area contributed by atoms with Crippen LogP contribution in [0.2, 0.25) is 5.02 Å². The molecule has 136 valence electrons. The lowest BCUT2D eigenvalue weighted by atomic mass is 10.3. The van der Waals surface area contributed by atoms with E-state index in [9.17, 15) is 0 Å². The molecule has 1 atom stereocenters. The smallest absolute Gasteiger partial charge is 0.196 e. The summed E-state index contributed by atoms with van der Waals surface area (Å²) in [5.41, 5.74) is 8.86. The van der Waals surface area contributed by atoms with Crippen molar-refractivity contribution in [1.29, 1.82) is 0 Å². The molecule has 8 heteroatoms. The normalized spacial score (nSPS) is 17.4. The maximum absolute atomic E-state index is 6.62. The van der Waals surface area contributed by atoms with Gasteiger partial charge in [0, 0.05) is 41.6 Å². The average molecular weight is 389 g/mol.